The first-order chi connectivity index (χ1) is 12.2. The number of amides is 1. The van der Waals surface area contributed by atoms with Gasteiger partial charge in [-0.3, -0.25) is 14.4 Å². The molecule has 0 bridgehead atoms. The van der Waals surface area contributed by atoms with Gasteiger partial charge in [0.15, 0.2) is 12.4 Å². The van der Waals surface area contributed by atoms with Crippen molar-refractivity contribution in [2.24, 2.45) is 11.8 Å². The summed E-state index contributed by atoms with van der Waals surface area (Å²) in [7, 11) is 1.80. The quantitative estimate of drug-likeness (QED) is 0.453. The minimum Gasteiger partial charge on any atom is -0.455 e. The van der Waals surface area contributed by atoms with Crippen LogP contribution in [0.2, 0.25) is 0 Å². The van der Waals surface area contributed by atoms with Crippen LogP contribution in [0, 0.1) is 11.8 Å². The van der Waals surface area contributed by atoms with Crippen molar-refractivity contribution in [3.8, 4) is 0 Å². The fourth-order valence-electron chi connectivity index (χ4n) is 2.77. The standard InChI is InChI=1S/C19H30N2O4S/c1-7-13(4)8-18(24)21(6)16(12(2)3)9-17(25-14(5)23)19-20-15(10-22)11-26-19/h10-13,16-17H,7-9H2,1-6H3/t13-,16?,17+/m0/s1. The van der Waals surface area contributed by atoms with E-state index in [1.54, 1.807) is 17.3 Å². The summed E-state index contributed by atoms with van der Waals surface area (Å²) < 4.78 is 5.46. The summed E-state index contributed by atoms with van der Waals surface area (Å²) in [5, 5.41) is 2.22. The number of hydrogen-bond donors (Lipinski definition) is 0. The Labute approximate surface area is 159 Å². The molecule has 0 radical (unpaired) electrons. The molecule has 1 amide bonds. The Morgan fingerprint density at radius 2 is 2.00 bits per heavy atom. The molecule has 0 N–H and O–H groups in total. The molecule has 0 aromatic carbocycles. The number of ether oxygens (including phenoxy) is 1. The topological polar surface area (TPSA) is 76.6 Å². The number of carbonyl (C=O) groups excluding carboxylic acids is 3. The van der Waals surface area contributed by atoms with Crippen LogP contribution in [0.25, 0.3) is 0 Å². The fraction of sp³-hybridized carbons (Fsp3) is 0.684. The van der Waals surface area contributed by atoms with Crippen molar-refractivity contribution in [1.82, 2.24) is 9.88 Å². The number of thiazole rings is 1. The smallest absolute Gasteiger partial charge is 0.303 e. The van der Waals surface area contributed by atoms with Crippen molar-refractivity contribution in [2.45, 2.75) is 66.0 Å². The van der Waals surface area contributed by atoms with Crippen LogP contribution < -0.4 is 0 Å². The van der Waals surface area contributed by atoms with Crippen molar-refractivity contribution < 1.29 is 19.1 Å². The first kappa shape index (κ1) is 22.3. The summed E-state index contributed by atoms with van der Waals surface area (Å²) in [4.78, 5) is 41.1. The molecule has 3 atom stereocenters. The Kier molecular flexibility index (Phi) is 8.92. The van der Waals surface area contributed by atoms with Gasteiger partial charge in [0, 0.05) is 38.2 Å². The molecule has 1 aromatic heterocycles. The van der Waals surface area contributed by atoms with Gasteiger partial charge in [-0.15, -0.1) is 11.3 Å². The summed E-state index contributed by atoms with van der Waals surface area (Å²) in [6.45, 7) is 9.57. The van der Waals surface area contributed by atoms with Crippen LogP contribution in [0.15, 0.2) is 5.38 Å². The second-order valence-corrected chi connectivity index (χ2v) is 7.99. The highest BCUT2D eigenvalue weighted by molar-refractivity contribution is 7.09. The van der Waals surface area contributed by atoms with E-state index in [0.717, 1.165) is 6.42 Å². The SMILES string of the molecule is CC[C@H](C)CC(=O)N(C)C(C[C@@H](OC(C)=O)c1nc(C=O)cs1)C(C)C. The van der Waals surface area contributed by atoms with Crippen LogP contribution in [0.1, 0.15) is 75.5 Å². The first-order valence-corrected chi connectivity index (χ1v) is 9.90. The number of rotatable bonds is 10. The van der Waals surface area contributed by atoms with E-state index in [9.17, 15) is 14.4 Å². The molecule has 1 rings (SSSR count). The average Bonchev–Trinajstić information content (AvgIpc) is 3.06. The molecule has 0 aliphatic heterocycles. The lowest BCUT2D eigenvalue weighted by molar-refractivity contribution is -0.148. The third-order valence-corrected chi connectivity index (χ3v) is 5.54. The van der Waals surface area contributed by atoms with Crippen molar-refractivity contribution >= 4 is 29.5 Å². The molecule has 1 aromatic rings. The van der Waals surface area contributed by atoms with E-state index in [0.29, 0.717) is 35.7 Å². The number of hydrogen-bond acceptors (Lipinski definition) is 6. The number of esters is 1. The highest BCUT2D eigenvalue weighted by Crippen LogP contribution is 2.30. The Morgan fingerprint density at radius 3 is 2.46 bits per heavy atom. The normalized spacial score (nSPS) is 14.6. The molecule has 6 nitrogen and oxygen atoms in total. The molecule has 0 saturated carbocycles. The van der Waals surface area contributed by atoms with E-state index < -0.39 is 12.1 Å². The second-order valence-electron chi connectivity index (χ2n) is 7.10. The minimum atomic E-state index is -0.572. The number of aromatic nitrogens is 1. The van der Waals surface area contributed by atoms with Crippen LogP contribution >= 0.6 is 11.3 Å². The monoisotopic (exact) mass is 382 g/mol. The predicted octanol–water partition coefficient (Wildman–Crippen LogP) is 3.87. The highest BCUT2D eigenvalue weighted by atomic mass is 32.1. The molecule has 1 unspecified atom stereocenters. The average molecular weight is 383 g/mol. The summed E-state index contributed by atoms with van der Waals surface area (Å²) in [6, 6.07) is -0.0977. The molecule has 1 heterocycles. The molecular weight excluding hydrogens is 352 g/mol. The first-order valence-electron chi connectivity index (χ1n) is 9.02. The van der Waals surface area contributed by atoms with Gasteiger partial charge in [0.05, 0.1) is 0 Å². The fourth-order valence-corrected chi connectivity index (χ4v) is 3.57. The van der Waals surface area contributed by atoms with E-state index in [2.05, 4.69) is 18.8 Å². The maximum absolute atomic E-state index is 12.6. The Morgan fingerprint density at radius 1 is 1.35 bits per heavy atom. The molecule has 0 aliphatic carbocycles. The highest BCUT2D eigenvalue weighted by Gasteiger charge is 2.30. The number of carbonyl (C=O) groups is 3. The lowest BCUT2D eigenvalue weighted by Crippen LogP contribution is -2.42. The van der Waals surface area contributed by atoms with E-state index in [1.165, 1.54) is 18.3 Å². The van der Waals surface area contributed by atoms with Gasteiger partial charge < -0.3 is 9.64 Å². The largest absolute Gasteiger partial charge is 0.455 e. The summed E-state index contributed by atoms with van der Waals surface area (Å²) >= 11 is 1.29. The zero-order valence-corrected chi connectivity index (χ0v) is 17.3. The van der Waals surface area contributed by atoms with E-state index in [-0.39, 0.29) is 17.9 Å². The van der Waals surface area contributed by atoms with Gasteiger partial charge in [-0.2, -0.15) is 0 Å². The van der Waals surface area contributed by atoms with Crippen LogP contribution in [-0.4, -0.2) is 41.1 Å². The van der Waals surface area contributed by atoms with Crippen molar-refractivity contribution in [3.05, 3.63) is 16.1 Å². The molecule has 0 spiro atoms. The molecule has 0 saturated heterocycles. The van der Waals surface area contributed by atoms with Gasteiger partial charge >= 0.3 is 5.97 Å². The van der Waals surface area contributed by atoms with Crippen LogP contribution in [0.4, 0.5) is 0 Å². The van der Waals surface area contributed by atoms with Gasteiger partial charge in [-0.1, -0.05) is 34.1 Å². The van der Waals surface area contributed by atoms with Crippen molar-refractivity contribution in [2.75, 3.05) is 7.05 Å². The Balaban J connectivity index is 2.99. The molecule has 0 fully saturated rings. The van der Waals surface area contributed by atoms with Gasteiger partial charge in [0.2, 0.25) is 5.91 Å². The zero-order chi connectivity index (χ0) is 19.9. The molecule has 7 heteroatoms. The molecule has 26 heavy (non-hydrogen) atoms. The number of nitrogens with zero attached hydrogens (tertiary/aromatic N) is 2. The van der Waals surface area contributed by atoms with E-state index in [4.69, 9.17) is 4.74 Å². The summed E-state index contributed by atoms with van der Waals surface area (Å²) in [5.74, 6) is 0.196. The maximum atomic E-state index is 12.6. The predicted molar refractivity (Wildman–Crippen MR) is 102 cm³/mol. The van der Waals surface area contributed by atoms with Gasteiger partial charge in [0.25, 0.3) is 0 Å². The molecule has 146 valence electrons. The van der Waals surface area contributed by atoms with Gasteiger partial charge in [-0.25, -0.2) is 4.98 Å². The summed E-state index contributed by atoms with van der Waals surface area (Å²) in [5.41, 5.74) is 0.324. The Hall–Kier alpha value is -1.76. The third-order valence-electron chi connectivity index (χ3n) is 4.58. The van der Waals surface area contributed by atoms with Crippen LogP contribution in [-0.2, 0) is 14.3 Å². The number of aldehydes is 1. The van der Waals surface area contributed by atoms with Crippen molar-refractivity contribution in [3.63, 3.8) is 0 Å². The lowest BCUT2D eigenvalue weighted by atomic mass is 9.95. The Bertz CT molecular complexity index is 614. The van der Waals surface area contributed by atoms with Gasteiger partial charge in [0.1, 0.15) is 10.7 Å². The molecule has 0 aliphatic rings. The van der Waals surface area contributed by atoms with Crippen LogP contribution in [0.3, 0.4) is 0 Å². The lowest BCUT2D eigenvalue weighted by Gasteiger charge is -2.34. The summed E-state index contributed by atoms with van der Waals surface area (Å²) in [6.07, 6.45) is 2.01. The minimum absolute atomic E-state index is 0.0901. The van der Waals surface area contributed by atoms with E-state index >= 15 is 0 Å². The third kappa shape index (κ3) is 6.52. The molecular formula is C19H30N2O4S. The van der Waals surface area contributed by atoms with Crippen molar-refractivity contribution in [1.29, 1.82) is 0 Å². The van der Waals surface area contributed by atoms with Gasteiger partial charge in [-0.05, 0) is 11.8 Å². The second kappa shape index (κ2) is 10.4. The zero-order valence-electron chi connectivity index (χ0n) is 16.5. The van der Waals surface area contributed by atoms with E-state index in [1.807, 2.05) is 13.8 Å². The maximum Gasteiger partial charge on any atom is 0.303 e. The van der Waals surface area contributed by atoms with Crippen LogP contribution in [0.5, 0.6) is 0 Å².